The van der Waals surface area contributed by atoms with Crippen LogP contribution in [0, 0.1) is 17.9 Å². The van der Waals surface area contributed by atoms with Gasteiger partial charge in [0, 0.05) is 21.9 Å². The summed E-state index contributed by atoms with van der Waals surface area (Å²) in [5, 5.41) is 11.4. The van der Waals surface area contributed by atoms with Crippen LogP contribution >= 0.6 is 0 Å². The Hall–Kier alpha value is -9.10. The van der Waals surface area contributed by atoms with Crippen molar-refractivity contribution in [3.8, 4) is 67.4 Å². The smallest absolute Gasteiger partial charge is 0.268 e. The normalized spacial score (nSPS) is 12.1. The van der Waals surface area contributed by atoms with Gasteiger partial charge in [0.2, 0.25) is 0 Å². The standard InChI is InChI=1S/C58H34N4O2/c1-60-46-28-24-40(25-29-46)44-27-31-53-51(33-44)50-32-43(39-22-20-37(36-59)21-23-39)26-30-52(50)61(53)54-19-11-18-47-55(54)58(64)62(57(47)63)56-48(41-14-7-3-8-15-41)34-45(38-12-5-2-6-13-38)35-49(56)42-16-9-4-10-17-42/h2-35H. The molecule has 64 heavy (non-hydrogen) atoms. The second kappa shape index (κ2) is 15.4. The molecular weight excluding hydrogens is 785 g/mol. The molecule has 0 aliphatic carbocycles. The maximum Gasteiger partial charge on any atom is 0.268 e. The van der Waals surface area contributed by atoms with Crippen LogP contribution in [0.3, 0.4) is 0 Å². The molecule has 0 bridgehead atoms. The van der Waals surface area contributed by atoms with Gasteiger partial charge in [-0.2, -0.15) is 5.26 Å². The van der Waals surface area contributed by atoms with Crippen molar-refractivity contribution in [1.82, 2.24) is 4.57 Å². The van der Waals surface area contributed by atoms with Gasteiger partial charge in [0.1, 0.15) is 0 Å². The third-order valence-electron chi connectivity index (χ3n) is 12.2. The molecule has 6 heteroatoms. The van der Waals surface area contributed by atoms with E-state index in [0.29, 0.717) is 33.8 Å². The summed E-state index contributed by atoms with van der Waals surface area (Å²) in [6.45, 7) is 7.46. The van der Waals surface area contributed by atoms with Crippen molar-refractivity contribution in [2.75, 3.05) is 4.90 Å². The van der Waals surface area contributed by atoms with Crippen molar-refractivity contribution in [3.63, 3.8) is 0 Å². The number of carbonyl (C=O) groups is 2. The van der Waals surface area contributed by atoms with Crippen molar-refractivity contribution in [2.24, 2.45) is 0 Å². The van der Waals surface area contributed by atoms with Crippen LogP contribution in [-0.4, -0.2) is 16.4 Å². The molecule has 1 aliphatic heterocycles. The molecular formula is C58H34N4O2. The van der Waals surface area contributed by atoms with E-state index in [2.05, 4.69) is 76.1 Å². The van der Waals surface area contributed by atoms with Crippen LogP contribution in [0.5, 0.6) is 0 Å². The van der Waals surface area contributed by atoms with Crippen LogP contribution in [0.25, 0.3) is 88.0 Å². The van der Waals surface area contributed by atoms with Crippen LogP contribution < -0.4 is 4.90 Å². The summed E-state index contributed by atoms with van der Waals surface area (Å²) in [6.07, 6.45) is 0. The van der Waals surface area contributed by atoms with Gasteiger partial charge in [-0.3, -0.25) is 9.59 Å². The predicted octanol–water partition coefficient (Wildman–Crippen LogP) is 14.3. The topological polar surface area (TPSA) is 70.5 Å². The summed E-state index contributed by atoms with van der Waals surface area (Å²) in [7, 11) is 0. The first-order valence-electron chi connectivity index (χ1n) is 20.9. The van der Waals surface area contributed by atoms with Crippen LogP contribution in [0.15, 0.2) is 206 Å². The molecule has 1 aliphatic rings. The molecule has 0 radical (unpaired) electrons. The number of fused-ring (bicyclic) bond motifs is 4. The lowest BCUT2D eigenvalue weighted by Crippen LogP contribution is -2.30. The van der Waals surface area contributed by atoms with E-state index < -0.39 is 11.8 Å². The van der Waals surface area contributed by atoms with Crippen molar-refractivity contribution >= 4 is 45.0 Å². The van der Waals surface area contributed by atoms with Gasteiger partial charge in [-0.1, -0.05) is 146 Å². The number of anilines is 1. The molecule has 298 valence electrons. The predicted molar refractivity (Wildman–Crippen MR) is 257 cm³/mol. The first-order chi connectivity index (χ1) is 31.5. The molecule has 9 aromatic carbocycles. The van der Waals surface area contributed by atoms with Gasteiger partial charge < -0.3 is 4.57 Å². The lowest BCUT2D eigenvalue weighted by molar-refractivity contribution is 0.0926. The zero-order valence-electron chi connectivity index (χ0n) is 34.2. The van der Waals surface area contributed by atoms with E-state index in [1.807, 2.05) is 140 Å². The lowest BCUT2D eigenvalue weighted by Gasteiger charge is -2.24. The molecule has 0 unspecified atom stereocenters. The van der Waals surface area contributed by atoms with Crippen LogP contribution in [0.4, 0.5) is 11.4 Å². The number of aromatic nitrogens is 1. The van der Waals surface area contributed by atoms with Crippen LogP contribution in [-0.2, 0) is 0 Å². The summed E-state index contributed by atoms with van der Waals surface area (Å²) in [5.41, 5.74) is 13.8. The van der Waals surface area contributed by atoms with E-state index in [1.165, 1.54) is 4.90 Å². The minimum absolute atomic E-state index is 0.325. The van der Waals surface area contributed by atoms with Crippen molar-refractivity contribution in [1.29, 1.82) is 5.26 Å². The van der Waals surface area contributed by atoms with Crippen molar-refractivity contribution < 1.29 is 9.59 Å². The van der Waals surface area contributed by atoms with Gasteiger partial charge in [-0.05, 0) is 105 Å². The Labute approximate surface area is 369 Å². The Morgan fingerprint density at radius 2 is 0.922 bits per heavy atom. The molecule has 0 spiro atoms. The summed E-state index contributed by atoms with van der Waals surface area (Å²) in [6, 6.07) is 69.6. The average Bonchev–Trinajstić information content (AvgIpc) is 3.83. The first-order valence-corrected chi connectivity index (χ1v) is 20.9. The summed E-state index contributed by atoms with van der Waals surface area (Å²) >= 11 is 0. The Morgan fingerprint density at radius 1 is 0.438 bits per heavy atom. The molecule has 11 rings (SSSR count). The van der Waals surface area contributed by atoms with Gasteiger partial charge in [0.05, 0.1) is 51.7 Å². The second-order valence-electron chi connectivity index (χ2n) is 15.8. The number of hydrogen-bond acceptors (Lipinski definition) is 3. The molecule has 0 atom stereocenters. The number of rotatable bonds is 7. The highest BCUT2D eigenvalue weighted by Crippen LogP contribution is 2.47. The molecule has 0 saturated carbocycles. The number of benzene rings is 9. The highest BCUT2D eigenvalue weighted by atomic mass is 16.2. The van der Waals surface area contributed by atoms with E-state index in [4.69, 9.17) is 6.57 Å². The zero-order chi connectivity index (χ0) is 43.3. The van der Waals surface area contributed by atoms with E-state index in [1.54, 1.807) is 6.07 Å². The molecule has 10 aromatic rings. The van der Waals surface area contributed by atoms with Gasteiger partial charge in [0.15, 0.2) is 5.69 Å². The fourth-order valence-electron chi connectivity index (χ4n) is 9.11. The largest absolute Gasteiger partial charge is 0.308 e. The molecule has 2 heterocycles. The second-order valence-corrected chi connectivity index (χ2v) is 15.8. The number of hydrogen-bond donors (Lipinski definition) is 0. The third-order valence-corrected chi connectivity index (χ3v) is 12.2. The van der Waals surface area contributed by atoms with Crippen molar-refractivity contribution in [2.45, 2.75) is 0 Å². The highest BCUT2D eigenvalue weighted by Gasteiger charge is 2.42. The molecule has 0 N–H and O–H groups in total. The molecule has 2 amide bonds. The van der Waals surface area contributed by atoms with E-state index in [0.717, 1.165) is 77.4 Å². The summed E-state index contributed by atoms with van der Waals surface area (Å²) in [5.74, 6) is -0.796. The Morgan fingerprint density at radius 3 is 1.44 bits per heavy atom. The average molecular weight is 819 g/mol. The Balaban J connectivity index is 1.13. The van der Waals surface area contributed by atoms with Crippen molar-refractivity contribution in [3.05, 3.63) is 234 Å². The quantitative estimate of drug-likeness (QED) is 0.119. The number of carbonyl (C=O) groups excluding carboxylic acids is 2. The Kier molecular flexibility index (Phi) is 9.12. The number of amides is 2. The molecule has 6 nitrogen and oxygen atoms in total. The van der Waals surface area contributed by atoms with Crippen LogP contribution in [0.2, 0.25) is 0 Å². The zero-order valence-corrected chi connectivity index (χ0v) is 34.2. The minimum atomic E-state index is -0.404. The number of imide groups is 1. The number of nitrogens with zero attached hydrogens (tertiary/aromatic N) is 4. The maximum absolute atomic E-state index is 15.5. The fraction of sp³-hybridized carbons (Fsp3) is 0. The number of nitriles is 1. The molecule has 1 aromatic heterocycles. The van der Waals surface area contributed by atoms with Gasteiger partial charge >= 0.3 is 0 Å². The fourth-order valence-corrected chi connectivity index (χ4v) is 9.11. The summed E-state index contributed by atoms with van der Waals surface area (Å²) < 4.78 is 2.10. The third kappa shape index (κ3) is 6.26. The van der Waals surface area contributed by atoms with Gasteiger partial charge in [0.25, 0.3) is 11.8 Å². The maximum atomic E-state index is 15.5. The van der Waals surface area contributed by atoms with E-state index in [9.17, 15) is 5.26 Å². The van der Waals surface area contributed by atoms with E-state index >= 15 is 9.59 Å². The van der Waals surface area contributed by atoms with Gasteiger partial charge in [-0.15, -0.1) is 0 Å². The van der Waals surface area contributed by atoms with Gasteiger partial charge in [-0.25, -0.2) is 9.74 Å². The molecule has 0 saturated heterocycles. The van der Waals surface area contributed by atoms with E-state index in [-0.39, 0.29) is 0 Å². The monoisotopic (exact) mass is 818 g/mol. The Bertz CT molecular complexity index is 3410. The first kappa shape index (κ1) is 37.9. The van der Waals surface area contributed by atoms with Crippen LogP contribution in [0.1, 0.15) is 26.3 Å². The lowest BCUT2D eigenvalue weighted by atomic mass is 9.90. The molecule has 0 fully saturated rings. The summed E-state index contributed by atoms with van der Waals surface area (Å²) in [4.78, 5) is 35.6. The minimum Gasteiger partial charge on any atom is -0.308 e. The SMILES string of the molecule is [C-]#[N+]c1ccc(-c2ccc3c(c2)c2cc(-c4ccc(C#N)cc4)ccc2n3-c2cccc3c2C(=O)N(c2c(-c4ccccc4)cc(-c4ccccc4)cc2-c2ccccc2)C3=O)cc1. The highest BCUT2D eigenvalue weighted by molar-refractivity contribution is 6.37.